The first-order chi connectivity index (χ1) is 6.91. The third-order valence-corrected chi connectivity index (χ3v) is 2.30. The Labute approximate surface area is 89.9 Å². The van der Waals surface area contributed by atoms with Crippen LogP contribution in [0.4, 0.5) is 5.82 Å². The normalized spacial score (nSPS) is 11.2. The molecule has 0 atom stereocenters. The fourth-order valence-electron chi connectivity index (χ4n) is 1.31. The first kappa shape index (κ1) is 11.5. The zero-order valence-corrected chi connectivity index (χ0v) is 9.63. The highest BCUT2D eigenvalue weighted by Crippen LogP contribution is 2.20. The minimum atomic E-state index is -0.244. The molecule has 0 fully saturated rings. The first-order valence-electron chi connectivity index (χ1n) is 4.83. The lowest BCUT2D eigenvalue weighted by molar-refractivity contribution is 0.569. The van der Waals surface area contributed by atoms with Gasteiger partial charge in [0, 0.05) is 19.1 Å². The Morgan fingerprint density at radius 3 is 2.67 bits per heavy atom. The molecule has 0 saturated carbocycles. The van der Waals surface area contributed by atoms with Crippen LogP contribution in [0, 0.1) is 18.3 Å². The van der Waals surface area contributed by atoms with E-state index in [-0.39, 0.29) is 5.54 Å². The van der Waals surface area contributed by atoms with E-state index in [1.54, 1.807) is 4.68 Å². The van der Waals surface area contributed by atoms with E-state index in [4.69, 9.17) is 11.0 Å². The van der Waals surface area contributed by atoms with E-state index in [9.17, 15) is 0 Å². The van der Waals surface area contributed by atoms with Crippen LogP contribution < -0.4 is 11.1 Å². The van der Waals surface area contributed by atoms with Gasteiger partial charge >= 0.3 is 0 Å². The minimum absolute atomic E-state index is 0.244. The van der Waals surface area contributed by atoms with Crippen LogP contribution in [0.1, 0.15) is 25.1 Å². The summed E-state index contributed by atoms with van der Waals surface area (Å²) in [6.45, 7) is 6.27. The lowest BCUT2D eigenvalue weighted by Gasteiger charge is -2.25. The summed E-state index contributed by atoms with van der Waals surface area (Å²) in [5.41, 5.74) is 6.70. The fraction of sp³-hybridized carbons (Fsp3) is 0.600. The van der Waals surface area contributed by atoms with Crippen LogP contribution in [0.5, 0.6) is 0 Å². The quantitative estimate of drug-likeness (QED) is 0.766. The topological polar surface area (TPSA) is 79.7 Å². The van der Waals surface area contributed by atoms with Crippen LogP contribution in [0.25, 0.3) is 0 Å². The van der Waals surface area contributed by atoms with E-state index in [1.165, 1.54) is 0 Å². The molecule has 0 unspecified atom stereocenters. The van der Waals surface area contributed by atoms with E-state index >= 15 is 0 Å². The number of nitriles is 1. The van der Waals surface area contributed by atoms with Crippen molar-refractivity contribution >= 4 is 5.82 Å². The van der Waals surface area contributed by atoms with Gasteiger partial charge < -0.3 is 11.1 Å². The molecule has 0 amide bonds. The molecule has 0 bridgehead atoms. The summed E-state index contributed by atoms with van der Waals surface area (Å²) in [4.78, 5) is 0. The number of hydrogen-bond acceptors (Lipinski definition) is 4. The van der Waals surface area contributed by atoms with E-state index in [0.717, 1.165) is 11.5 Å². The van der Waals surface area contributed by atoms with Gasteiger partial charge in [-0.3, -0.25) is 4.68 Å². The summed E-state index contributed by atoms with van der Waals surface area (Å²) in [5, 5.41) is 16.4. The lowest BCUT2D eigenvalue weighted by atomic mass is 10.1. The number of nitrogens with one attached hydrogen (secondary N) is 1. The molecule has 0 aromatic carbocycles. The molecule has 15 heavy (non-hydrogen) atoms. The molecule has 5 nitrogen and oxygen atoms in total. The summed E-state index contributed by atoms with van der Waals surface area (Å²) in [6, 6.07) is 2.14. The summed E-state index contributed by atoms with van der Waals surface area (Å²) < 4.78 is 1.67. The number of aryl methyl sites for hydroxylation is 2. The van der Waals surface area contributed by atoms with E-state index in [2.05, 4.69) is 16.5 Å². The van der Waals surface area contributed by atoms with Gasteiger partial charge in [-0.05, 0) is 20.8 Å². The van der Waals surface area contributed by atoms with Gasteiger partial charge in [0.1, 0.15) is 17.5 Å². The molecule has 0 radical (unpaired) electrons. The van der Waals surface area contributed by atoms with Gasteiger partial charge in [-0.25, -0.2) is 0 Å². The SMILES string of the molecule is Cc1nn(C)c(NC(C)(C)CN)c1C#N. The molecule has 0 aliphatic carbocycles. The largest absolute Gasteiger partial charge is 0.363 e. The number of anilines is 1. The summed E-state index contributed by atoms with van der Waals surface area (Å²) in [6.07, 6.45) is 0. The Hall–Kier alpha value is -1.54. The predicted molar refractivity (Wildman–Crippen MR) is 59.4 cm³/mol. The van der Waals surface area contributed by atoms with E-state index < -0.39 is 0 Å². The molecule has 0 saturated heterocycles. The van der Waals surface area contributed by atoms with Crippen LogP contribution >= 0.6 is 0 Å². The van der Waals surface area contributed by atoms with Gasteiger partial charge in [-0.15, -0.1) is 0 Å². The highest BCUT2D eigenvalue weighted by Gasteiger charge is 2.20. The summed E-state index contributed by atoms with van der Waals surface area (Å²) >= 11 is 0. The van der Waals surface area contributed by atoms with Crippen LogP contribution in [-0.2, 0) is 7.05 Å². The van der Waals surface area contributed by atoms with Crippen LogP contribution in [0.15, 0.2) is 0 Å². The van der Waals surface area contributed by atoms with Crippen LogP contribution in [0.3, 0.4) is 0 Å². The Bertz CT molecular complexity index is 397. The molecule has 1 aromatic heterocycles. The van der Waals surface area contributed by atoms with Gasteiger partial charge in [0.2, 0.25) is 0 Å². The van der Waals surface area contributed by atoms with Crippen molar-refractivity contribution in [3.8, 4) is 6.07 Å². The first-order valence-corrected chi connectivity index (χ1v) is 4.83. The van der Waals surface area contributed by atoms with Crippen LogP contribution in [-0.4, -0.2) is 21.9 Å². The highest BCUT2D eigenvalue weighted by molar-refractivity contribution is 5.56. The summed E-state index contributed by atoms with van der Waals surface area (Å²) in [5.74, 6) is 0.727. The standard InChI is InChI=1S/C10H17N5/c1-7-8(5-11)9(15(4)14-7)13-10(2,3)6-12/h13H,6,12H2,1-4H3. The molecule has 1 heterocycles. The van der Waals surface area contributed by atoms with E-state index in [1.807, 2.05) is 27.8 Å². The second-order valence-electron chi connectivity index (χ2n) is 4.26. The van der Waals surface area contributed by atoms with Gasteiger partial charge in [-0.1, -0.05) is 0 Å². The maximum atomic E-state index is 9.01. The number of rotatable bonds is 3. The third-order valence-electron chi connectivity index (χ3n) is 2.30. The number of aromatic nitrogens is 2. The number of nitrogens with two attached hydrogens (primary N) is 1. The van der Waals surface area contributed by atoms with Gasteiger partial charge in [0.25, 0.3) is 0 Å². The third kappa shape index (κ3) is 2.28. The Morgan fingerprint density at radius 1 is 1.60 bits per heavy atom. The molecule has 0 spiro atoms. The van der Waals surface area contributed by atoms with Crippen molar-refractivity contribution in [3.63, 3.8) is 0 Å². The van der Waals surface area contributed by atoms with Crippen molar-refractivity contribution in [2.45, 2.75) is 26.3 Å². The van der Waals surface area contributed by atoms with Crippen molar-refractivity contribution in [1.29, 1.82) is 5.26 Å². The van der Waals surface area contributed by atoms with Crippen molar-refractivity contribution < 1.29 is 0 Å². The number of nitrogens with zero attached hydrogens (tertiary/aromatic N) is 3. The molecule has 3 N–H and O–H groups in total. The van der Waals surface area contributed by atoms with Gasteiger partial charge in [0.15, 0.2) is 0 Å². The fourth-order valence-corrected chi connectivity index (χ4v) is 1.31. The molecule has 0 aliphatic rings. The molecular weight excluding hydrogens is 190 g/mol. The van der Waals surface area contributed by atoms with Crippen molar-refractivity contribution in [3.05, 3.63) is 11.3 Å². The average Bonchev–Trinajstić information content (AvgIpc) is 2.41. The molecule has 1 rings (SSSR count). The maximum Gasteiger partial charge on any atom is 0.142 e. The Kier molecular flexibility index (Phi) is 3.01. The second-order valence-corrected chi connectivity index (χ2v) is 4.26. The van der Waals surface area contributed by atoms with Crippen molar-refractivity contribution in [1.82, 2.24) is 9.78 Å². The van der Waals surface area contributed by atoms with Crippen molar-refractivity contribution in [2.24, 2.45) is 12.8 Å². The molecule has 1 aromatic rings. The average molecular weight is 207 g/mol. The minimum Gasteiger partial charge on any atom is -0.363 e. The molecular formula is C10H17N5. The van der Waals surface area contributed by atoms with Crippen LogP contribution in [0.2, 0.25) is 0 Å². The summed E-state index contributed by atoms with van der Waals surface area (Å²) in [7, 11) is 1.81. The van der Waals surface area contributed by atoms with Crippen molar-refractivity contribution in [2.75, 3.05) is 11.9 Å². The lowest BCUT2D eigenvalue weighted by Crippen LogP contribution is -2.40. The molecule has 5 heteroatoms. The number of hydrogen-bond donors (Lipinski definition) is 2. The Balaban J connectivity index is 3.10. The second kappa shape index (κ2) is 3.91. The van der Waals surface area contributed by atoms with Gasteiger partial charge in [-0.2, -0.15) is 10.4 Å². The monoisotopic (exact) mass is 207 g/mol. The molecule has 0 aliphatic heterocycles. The highest BCUT2D eigenvalue weighted by atomic mass is 15.3. The van der Waals surface area contributed by atoms with Gasteiger partial charge in [0.05, 0.1) is 5.69 Å². The zero-order chi connectivity index (χ0) is 11.6. The maximum absolute atomic E-state index is 9.01. The smallest absolute Gasteiger partial charge is 0.142 e. The molecule has 82 valence electrons. The Morgan fingerprint density at radius 2 is 2.20 bits per heavy atom. The van der Waals surface area contributed by atoms with E-state index in [0.29, 0.717) is 12.1 Å². The predicted octanol–water partition coefficient (Wildman–Crippen LogP) is 0.749. The zero-order valence-electron chi connectivity index (χ0n) is 9.63.